The van der Waals surface area contributed by atoms with Gasteiger partial charge in [-0.15, -0.1) is 0 Å². The minimum Gasteiger partial charge on any atom is -0.493 e. The van der Waals surface area contributed by atoms with Crippen molar-refractivity contribution >= 4 is 5.69 Å². The second-order valence-corrected chi connectivity index (χ2v) is 3.49. The summed E-state index contributed by atoms with van der Waals surface area (Å²) in [6.45, 7) is 2.24. The van der Waals surface area contributed by atoms with E-state index in [2.05, 4.69) is 0 Å². The fourth-order valence-electron chi connectivity index (χ4n) is 1.19. The zero-order valence-corrected chi connectivity index (χ0v) is 9.95. The molecule has 0 saturated carbocycles. The van der Waals surface area contributed by atoms with Crippen molar-refractivity contribution in [2.24, 2.45) is 0 Å². The Morgan fingerprint density at radius 3 is 2.71 bits per heavy atom. The Kier molecular flexibility index (Phi) is 6.35. The van der Waals surface area contributed by atoms with Gasteiger partial charge in [0.2, 0.25) is 0 Å². The SMILES string of the molecule is COCCOCCCOc1ccc(N)c(F)c1. The minimum atomic E-state index is -0.459. The van der Waals surface area contributed by atoms with Gasteiger partial charge in [-0.05, 0) is 12.1 Å². The molecule has 96 valence electrons. The van der Waals surface area contributed by atoms with Gasteiger partial charge < -0.3 is 19.9 Å². The summed E-state index contributed by atoms with van der Waals surface area (Å²) in [7, 11) is 1.63. The average molecular weight is 243 g/mol. The van der Waals surface area contributed by atoms with Crippen molar-refractivity contribution in [3.63, 3.8) is 0 Å². The highest BCUT2D eigenvalue weighted by Crippen LogP contribution is 2.17. The fourth-order valence-corrected chi connectivity index (χ4v) is 1.19. The highest BCUT2D eigenvalue weighted by atomic mass is 19.1. The second kappa shape index (κ2) is 7.86. The smallest absolute Gasteiger partial charge is 0.149 e. The maximum atomic E-state index is 13.1. The van der Waals surface area contributed by atoms with E-state index in [0.29, 0.717) is 32.2 Å². The Balaban J connectivity index is 2.11. The van der Waals surface area contributed by atoms with E-state index in [0.717, 1.165) is 6.42 Å². The number of anilines is 1. The van der Waals surface area contributed by atoms with Crippen LogP contribution in [0.3, 0.4) is 0 Å². The molecule has 0 bridgehead atoms. The molecule has 0 unspecified atom stereocenters. The molecular formula is C12H18FNO3. The van der Waals surface area contributed by atoms with Crippen LogP contribution in [0.15, 0.2) is 18.2 Å². The van der Waals surface area contributed by atoms with Crippen molar-refractivity contribution in [1.29, 1.82) is 0 Å². The third kappa shape index (κ3) is 5.51. The molecule has 0 aliphatic rings. The normalized spacial score (nSPS) is 10.5. The predicted octanol–water partition coefficient (Wildman–Crippen LogP) is 1.84. The van der Waals surface area contributed by atoms with Crippen LogP contribution in [0.25, 0.3) is 0 Å². The predicted molar refractivity (Wildman–Crippen MR) is 63.6 cm³/mol. The molecular weight excluding hydrogens is 225 g/mol. The average Bonchev–Trinajstić information content (AvgIpc) is 2.32. The standard InChI is InChI=1S/C12H18FNO3/c1-15-7-8-16-5-2-6-17-10-3-4-12(14)11(13)9-10/h3-4,9H,2,5-8,14H2,1H3. The van der Waals surface area contributed by atoms with Gasteiger partial charge in [0.15, 0.2) is 0 Å². The molecule has 0 aromatic heterocycles. The molecule has 5 heteroatoms. The van der Waals surface area contributed by atoms with Gasteiger partial charge in [-0.2, -0.15) is 0 Å². The molecule has 0 spiro atoms. The first-order valence-electron chi connectivity index (χ1n) is 5.48. The van der Waals surface area contributed by atoms with Crippen LogP contribution >= 0.6 is 0 Å². The number of hydrogen-bond donors (Lipinski definition) is 1. The Morgan fingerprint density at radius 2 is 2.00 bits per heavy atom. The van der Waals surface area contributed by atoms with Crippen LogP contribution in [-0.4, -0.2) is 33.5 Å². The molecule has 0 atom stereocenters. The van der Waals surface area contributed by atoms with E-state index < -0.39 is 5.82 Å². The van der Waals surface area contributed by atoms with Gasteiger partial charge in [0.05, 0.1) is 25.5 Å². The molecule has 2 N–H and O–H groups in total. The quantitative estimate of drug-likeness (QED) is 0.559. The summed E-state index contributed by atoms with van der Waals surface area (Å²) in [5.74, 6) is 0.0208. The molecule has 0 fully saturated rings. The molecule has 0 radical (unpaired) electrons. The van der Waals surface area contributed by atoms with E-state index in [1.165, 1.54) is 12.1 Å². The highest BCUT2D eigenvalue weighted by molar-refractivity contribution is 5.43. The summed E-state index contributed by atoms with van der Waals surface area (Å²) in [5.41, 5.74) is 5.47. The van der Waals surface area contributed by atoms with Crippen LogP contribution in [-0.2, 0) is 9.47 Å². The van der Waals surface area contributed by atoms with Crippen molar-refractivity contribution < 1.29 is 18.6 Å². The number of rotatable bonds is 8. The van der Waals surface area contributed by atoms with E-state index in [1.807, 2.05) is 0 Å². The van der Waals surface area contributed by atoms with Gasteiger partial charge >= 0.3 is 0 Å². The largest absolute Gasteiger partial charge is 0.493 e. The summed E-state index contributed by atoms with van der Waals surface area (Å²) >= 11 is 0. The van der Waals surface area contributed by atoms with E-state index >= 15 is 0 Å². The first-order valence-corrected chi connectivity index (χ1v) is 5.48. The van der Waals surface area contributed by atoms with Gasteiger partial charge in [-0.3, -0.25) is 0 Å². The molecule has 0 aliphatic carbocycles. The van der Waals surface area contributed by atoms with Crippen LogP contribution in [0.2, 0.25) is 0 Å². The molecule has 0 amide bonds. The third-order valence-electron chi connectivity index (χ3n) is 2.11. The summed E-state index contributed by atoms with van der Waals surface area (Å²) in [5, 5.41) is 0. The highest BCUT2D eigenvalue weighted by Gasteiger charge is 2.00. The number of halogens is 1. The number of ether oxygens (including phenoxy) is 3. The van der Waals surface area contributed by atoms with Crippen LogP contribution in [0.4, 0.5) is 10.1 Å². The maximum absolute atomic E-state index is 13.1. The van der Waals surface area contributed by atoms with Gasteiger partial charge in [-0.1, -0.05) is 0 Å². The lowest BCUT2D eigenvalue weighted by molar-refractivity contribution is 0.0644. The molecule has 1 aromatic carbocycles. The summed E-state index contributed by atoms with van der Waals surface area (Å²) in [6, 6.07) is 4.41. The maximum Gasteiger partial charge on any atom is 0.149 e. The summed E-state index contributed by atoms with van der Waals surface area (Å²) < 4.78 is 28.5. The van der Waals surface area contributed by atoms with E-state index in [-0.39, 0.29) is 5.69 Å². The molecule has 1 rings (SSSR count). The third-order valence-corrected chi connectivity index (χ3v) is 2.11. The van der Waals surface area contributed by atoms with Gasteiger partial charge in [0.1, 0.15) is 11.6 Å². The molecule has 17 heavy (non-hydrogen) atoms. The van der Waals surface area contributed by atoms with Gasteiger partial charge in [-0.25, -0.2) is 4.39 Å². The lowest BCUT2D eigenvalue weighted by Gasteiger charge is -2.07. The first kappa shape index (κ1) is 13.7. The van der Waals surface area contributed by atoms with Crippen LogP contribution in [0.1, 0.15) is 6.42 Å². The van der Waals surface area contributed by atoms with Crippen molar-refractivity contribution in [2.45, 2.75) is 6.42 Å². The monoisotopic (exact) mass is 243 g/mol. The Morgan fingerprint density at radius 1 is 1.18 bits per heavy atom. The van der Waals surface area contributed by atoms with E-state index in [1.54, 1.807) is 13.2 Å². The molecule has 1 aromatic rings. The van der Waals surface area contributed by atoms with Crippen LogP contribution in [0, 0.1) is 5.82 Å². The Labute approximate surface area is 100 Å². The van der Waals surface area contributed by atoms with Crippen molar-refractivity contribution in [3.8, 4) is 5.75 Å². The zero-order chi connectivity index (χ0) is 12.5. The Bertz CT molecular complexity index is 334. The lowest BCUT2D eigenvalue weighted by atomic mass is 10.3. The summed E-state index contributed by atoms with van der Waals surface area (Å²) in [6.07, 6.45) is 0.746. The molecule has 0 aliphatic heterocycles. The van der Waals surface area contributed by atoms with Crippen LogP contribution < -0.4 is 10.5 Å². The van der Waals surface area contributed by atoms with Crippen molar-refractivity contribution in [3.05, 3.63) is 24.0 Å². The Hall–Kier alpha value is -1.33. The number of benzene rings is 1. The van der Waals surface area contributed by atoms with Crippen molar-refractivity contribution in [2.75, 3.05) is 39.3 Å². The fraction of sp³-hybridized carbons (Fsp3) is 0.500. The minimum absolute atomic E-state index is 0.125. The summed E-state index contributed by atoms with van der Waals surface area (Å²) in [4.78, 5) is 0. The number of nitrogens with two attached hydrogens (primary N) is 1. The number of methoxy groups -OCH3 is 1. The topological polar surface area (TPSA) is 53.7 Å². The molecule has 0 saturated heterocycles. The van der Waals surface area contributed by atoms with E-state index in [9.17, 15) is 4.39 Å². The van der Waals surface area contributed by atoms with Gasteiger partial charge in [0, 0.05) is 26.2 Å². The second-order valence-electron chi connectivity index (χ2n) is 3.49. The van der Waals surface area contributed by atoms with E-state index in [4.69, 9.17) is 19.9 Å². The van der Waals surface area contributed by atoms with Gasteiger partial charge in [0.25, 0.3) is 0 Å². The zero-order valence-electron chi connectivity index (χ0n) is 9.95. The number of nitrogen functional groups attached to an aromatic ring is 1. The lowest BCUT2D eigenvalue weighted by Crippen LogP contribution is -2.07. The van der Waals surface area contributed by atoms with Crippen LogP contribution in [0.5, 0.6) is 5.75 Å². The number of hydrogen-bond acceptors (Lipinski definition) is 4. The molecule has 4 nitrogen and oxygen atoms in total. The first-order chi connectivity index (χ1) is 8.24. The molecule has 0 heterocycles. The van der Waals surface area contributed by atoms with Crippen molar-refractivity contribution in [1.82, 2.24) is 0 Å².